The quantitative estimate of drug-likeness (QED) is 0.664. The third kappa shape index (κ3) is 4.33. The number of hydrogen-bond donors (Lipinski definition) is 1. The second-order valence-corrected chi connectivity index (χ2v) is 6.56. The maximum Gasteiger partial charge on any atom is 0.264 e. The number of ether oxygens (including phenoxy) is 2. The van der Waals surface area contributed by atoms with E-state index in [-0.39, 0.29) is 12.5 Å². The zero-order valence-corrected chi connectivity index (χ0v) is 13.9. The van der Waals surface area contributed by atoms with Gasteiger partial charge in [-0.25, -0.2) is 0 Å². The number of halogens is 1. The van der Waals surface area contributed by atoms with Crippen LogP contribution in [0.5, 0.6) is 11.5 Å². The van der Waals surface area contributed by atoms with E-state index in [2.05, 4.69) is 5.32 Å². The molecule has 23 heavy (non-hydrogen) atoms. The van der Waals surface area contributed by atoms with Gasteiger partial charge in [0.2, 0.25) is 6.10 Å². The van der Waals surface area contributed by atoms with Gasteiger partial charge in [-0.05, 0) is 36.4 Å². The van der Waals surface area contributed by atoms with Crippen molar-refractivity contribution < 1.29 is 14.3 Å². The Hall–Kier alpha value is -1.85. The van der Waals surface area contributed by atoms with Gasteiger partial charge in [-0.3, -0.25) is 4.79 Å². The van der Waals surface area contributed by atoms with E-state index in [1.807, 2.05) is 42.5 Å². The molecule has 1 N–H and O–H groups in total. The molecule has 0 spiro atoms. The summed E-state index contributed by atoms with van der Waals surface area (Å²) in [6, 6.07) is 15.0. The van der Waals surface area contributed by atoms with Crippen LogP contribution in [-0.2, 0) is 4.79 Å². The first-order chi connectivity index (χ1) is 11.2. The first-order valence-electron chi connectivity index (χ1n) is 7.27. The molecule has 0 saturated heterocycles. The van der Waals surface area contributed by atoms with Gasteiger partial charge in [0, 0.05) is 22.2 Å². The molecule has 0 radical (unpaired) electrons. The Bertz CT molecular complexity index is 678. The van der Waals surface area contributed by atoms with Crippen LogP contribution in [0.2, 0.25) is 5.02 Å². The van der Waals surface area contributed by atoms with Crippen molar-refractivity contribution in [2.75, 3.05) is 18.9 Å². The molecule has 1 heterocycles. The van der Waals surface area contributed by atoms with E-state index >= 15 is 0 Å². The minimum absolute atomic E-state index is 0.156. The van der Waals surface area contributed by atoms with E-state index in [4.69, 9.17) is 21.1 Å². The van der Waals surface area contributed by atoms with Crippen LogP contribution in [0.3, 0.4) is 0 Å². The molecule has 2 aromatic rings. The number of fused-ring (bicyclic) bond motifs is 1. The summed E-state index contributed by atoms with van der Waals surface area (Å²) in [6.45, 7) is 0.792. The number of benzene rings is 2. The van der Waals surface area contributed by atoms with Crippen LogP contribution in [0, 0.1) is 0 Å². The number of carbonyl (C=O) groups excluding carboxylic acids is 1. The lowest BCUT2D eigenvalue weighted by Crippen LogP contribution is -2.44. The molecule has 0 aromatic heterocycles. The maximum atomic E-state index is 12.1. The van der Waals surface area contributed by atoms with Gasteiger partial charge in [0.1, 0.15) is 6.61 Å². The molecular formula is C17H16ClNO3S. The first-order valence-corrected chi connectivity index (χ1v) is 8.63. The SMILES string of the molecule is O=C(NCCSc1ccc(Cl)cc1)C1COc2ccccc2O1. The lowest BCUT2D eigenvalue weighted by atomic mass is 10.2. The Morgan fingerprint density at radius 3 is 2.70 bits per heavy atom. The first kappa shape index (κ1) is 16.0. The summed E-state index contributed by atoms with van der Waals surface area (Å²) < 4.78 is 11.2. The smallest absolute Gasteiger partial charge is 0.264 e. The predicted molar refractivity (Wildman–Crippen MR) is 91.5 cm³/mol. The second kappa shape index (κ2) is 7.62. The van der Waals surface area contributed by atoms with Crippen molar-refractivity contribution in [2.45, 2.75) is 11.0 Å². The fourth-order valence-corrected chi connectivity index (χ4v) is 3.03. The van der Waals surface area contributed by atoms with Gasteiger partial charge in [0.15, 0.2) is 11.5 Å². The minimum Gasteiger partial charge on any atom is -0.485 e. The monoisotopic (exact) mass is 349 g/mol. The highest BCUT2D eigenvalue weighted by Gasteiger charge is 2.26. The van der Waals surface area contributed by atoms with E-state index in [0.717, 1.165) is 15.7 Å². The lowest BCUT2D eigenvalue weighted by Gasteiger charge is -2.25. The molecule has 3 rings (SSSR count). The van der Waals surface area contributed by atoms with Crippen molar-refractivity contribution in [1.29, 1.82) is 0 Å². The van der Waals surface area contributed by atoms with Crippen LogP contribution in [0.15, 0.2) is 53.4 Å². The number of hydrogen-bond acceptors (Lipinski definition) is 4. The molecule has 1 unspecified atom stereocenters. The van der Waals surface area contributed by atoms with Crippen molar-refractivity contribution >= 4 is 29.3 Å². The van der Waals surface area contributed by atoms with E-state index in [9.17, 15) is 4.79 Å². The summed E-state index contributed by atoms with van der Waals surface area (Å²) in [5.74, 6) is 1.90. The molecule has 120 valence electrons. The average molecular weight is 350 g/mol. The predicted octanol–water partition coefficient (Wildman–Crippen LogP) is 3.39. The highest BCUT2D eigenvalue weighted by Crippen LogP contribution is 2.30. The molecule has 0 bridgehead atoms. The Morgan fingerprint density at radius 2 is 1.91 bits per heavy atom. The number of nitrogens with one attached hydrogen (secondary N) is 1. The molecule has 0 fully saturated rings. The number of para-hydroxylation sites is 2. The zero-order valence-electron chi connectivity index (χ0n) is 12.3. The van der Waals surface area contributed by atoms with E-state index in [0.29, 0.717) is 18.0 Å². The van der Waals surface area contributed by atoms with Crippen molar-refractivity contribution in [3.8, 4) is 11.5 Å². The molecule has 1 aliphatic rings. The van der Waals surface area contributed by atoms with Crippen molar-refractivity contribution in [2.24, 2.45) is 0 Å². The van der Waals surface area contributed by atoms with Gasteiger partial charge in [0.25, 0.3) is 5.91 Å². The van der Waals surface area contributed by atoms with Crippen LogP contribution >= 0.6 is 23.4 Å². The molecule has 6 heteroatoms. The van der Waals surface area contributed by atoms with Gasteiger partial charge >= 0.3 is 0 Å². The van der Waals surface area contributed by atoms with Crippen LogP contribution in [-0.4, -0.2) is 30.9 Å². The lowest BCUT2D eigenvalue weighted by molar-refractivity contribution is -0.130. The third-order valence-electron chi connectivity index (χ3n) is 3.28. The Kier molecular flexibility index (Phi) is 5.31. The summed E-state index contributed by atoms with van der Waals surface area (Å²) in [4.78, 5) is 13.2. The topological polar surface area (TPSA) is 47.6 Å². The summed E-state index contributed by atoms with van der Waals surface area (Å²) in [7, 11) is 0. The number of thioether (sulfide) groups is 1. The molecule has 1 amide bonds. The average Bonchev–Trinajstić information content (AvgIpc) is 2.59. The highest BCUT2D eigenvalue weighted by molar-refractivity contribution is 7.99. The second-order valence-electron chi connectivity index (χ2n) is 4.96. The Labute approximate surface area is 144 Å². The highest BCUT2D eigenvalue weighted by atomic mass is 35.5. The number of rotatable bonds is 5. The third-order valence-corrected chi connectivity index (χ3v) is 4.55. The number of carbonyl (C=O) groups is 1. The molecular weight excluding hydrogens is 334 g/mol. The van der Waals surface area contributed by atoms with Gasteiger partial charge in [-0.2, -0.15) is 0 Å². The molecule has 0 saturated carbocycles. The fourth-order valence-electron chi connectivity index (χ4n) is 2.14. The molecule has 1 atom stereocenters. The van der Waals surface area contributed by atoms with Crippen molar-refractivity contribution in [3.63, 3.8) is 0 Å². The molecule has 0 aliphatic carbocycles. The summed E-state index contributed by atoms with van der Waals surface area (Å²) >= 11 is 7.51. The maximum absolute atomic E-state index is 12.1. The summed E-state index contributed by atoms with van der Waals surface area (Å²) in [5.41, 5.74) is 0. The minimum atomic E-state index is -0.606. The van der Waals surface area contributed by atoms with Gasteiger partial charge < -0.3 is 14.8 Å². The fraction of sp³-hybridized carbons (Fsp3) is 0.235. The standard InChI is InChI=1S/C17H16ClNO3S/c18-12-5-7-13(8-6-12)23-10-9-19-17(20)16-11-21-14-3-1-2-4-15(14)22-16/h1-8,16H,9-11H2,(H,19,20). The van der Waals surface area contributed by atoms with Crippen LogP contribution in [0.4, 0.5) is 0 Å². The van der Waals surface area contributed by atoms with Crippen molar-refractivity contribution in [3.05, 3.63) is 53.6 Å². The van der Waals surface area contributed by atoms with E-state index < -0.39 is 6.10 Å². The van der Waals surface area contributed by atoms with Gasteiger partial charge in [-0.15, -0.1) is 11.8 Å². The summed E-state index contributed by atoms with van der Waals surface area (Å²) in [5, 5.41) is 3.59. The Morgan fingerprint density at radius 1 is 1.17 bits per heavy atom. The van der Waals surface area contributed by atoms with E-state index in [1.54, 1.807) is 17.8 Å². The molecule has 4 nitrogen and oxygen atoms in total. The van der Waals surface area contributed by atoms with Crippen LogP contribution < -0.4 is 14.8 Å². The zero-order chi connectivity index (χ0) is 16.1. The van der Waals surface area contributed by atoms with E-state index in [1.165, 1.54) is 0 Å². The Balaban J connectivity index is 1.42. The normalized spacial score (nSPS) is 16.0. The van der Waals surface area contributed by atoms with Crippen LogP contribution in [0.25, 0.3) is 0 Å². The molecule has 1 aliphatic heterocycles. The largest absolute Gasteiger partial charge is 0.485 e. The van der Waals surface area contributed by atoms with Gasteiger partial charge in [-0.1, -0.05) is 23.7 Å². The van der Waals surface area contributed by atoms with Gasteiger partial charge in [0.05, 0.1) is 0 Å². The summed E-state index contributed by atoms with van der Waals surface area (Å²) in [6.07, 6.45) is -0.606. The molecule has 2 aromatic carbocycles. The van der Waals surface area contributed by atoms with Crippen molar-refractivity contribution in [1.82, 2.24) is 5.32 Å². The number of amides is 1. The van der Waals surface area contributed by atoms with Crippen LogP contribution in [0.1, 0.15) is 0 Å².